The van der Waals surface area contributed by atoms with Gasteiger partial charge in [0, 0.05) is 5.56 Å². The first-order chi connectivity index (χ1) is 11.8. The van der Waals surface area contributed by atoms with Gasteiger partial charge in [-0.3, -0.25) is 0 Å². The molecule has 0 atom stereocenters. The van der Waals surface area contributed by atoms with Crippen molar-refractivity contribution in [3.8, 4) is 0 Å². The number of benzene rings is 4. The van der Waals surface area contributed by atoms with E-state index in [4.69, 9.17) is 0 Å². The zero-order chi connectivity index (χ0) is 16.4. The van der Waals surface area contributed by atoms with E-state index in [1.165, 1.54) is 0 Å². The van der Waals surface area contributed by atoms with Gasteiger partial charge in [0.05, 0.1) is 5.56 Å². The summed E-state index contributed by atoms with van der Waals surface area (Å²) in [6.07, 6.45) is 1.72. The zero-order valence-electron chi connectivity index (χ0n) is 13.2. The molecule has 0 aliphatic heterocycles. The first-order valence-corrected chi connectivity index (χ1v) is 8.04. The molecule has 0 spiro atoms. The second kappa shape index (κ2) is 6.17. The average molecular weight is 311 g/mol. The highest BCUT2D eigenvalue weighted by molar-refractivity contribution is 6.12. The van der Waals surface area contributed by atoms with E-state index in [0.29, 0.717) is 6.54 Å². The van der Waals surface area contributed by atoms with Crippen LogP contribution in [-0.2, 0) is 6.54 Å². The number of hydroxylamine groups is 1. The Morgan fingerprint density at radius 3 is 1.88 bits per heavy atom. The average Bonchev–Trinajstić information content (AvgIpc) is 2.62. The first kappa shape index (κ1) is 14.5. The molecule has 0 radical (unpaired) electrons. The smallest absolute Gasteiger partial charge is 0.183 e. The Morgan fingerprint density at radius 1 is 0.708 bits per heavy atom. The number of fused-ring (bicyclic) bond motifs is 2. The summed E-state index contributed by atoms with van der Waals surface area (Å²) in [6.45, 7) is 0.346. The summed E-state index contributed by atoms with van der Waals surface area (Å²) in [5.74, 6) is 0. The van der Waals surface area contributed by atoms with Crippen molar-refractivity contribution in [2.24, 2.45) is 0 Å². The van der Waals surface area contributed by atoms with Crippen molar-refractivity contribution < 1.29 is 4.74 Å². The molecular formula is C22H17NO. The summed E-state index contributed by atoms with van der Waals surface area (Å²) >= 11 is 0. The van der Waals surface area contributed by atoms with Crippen LogP contribution in [0.3, 0.4) is 0 Å². The predicted octanol–water partition coefficient (Wildman–Crippen LogP) is 5.12. The third kappa shape index (κ3) is 2.74. The van der Waals surface area contributed by atoms with Crippen LogP contribution in [0.2, 0.25) is 0 Å². The van der Waals surface area contributed by atoms with Gasteiger partial charge in [0.25, 0.3) is 0 Å². The van der Waals surface area contributed by atoms with Crippen LogP contribution in [0.4, 0.5) is 0 Å². The molecule has 4 aromatic carbocycles. The van der Waals surface area contributed by atoms with Gasteiger partial charge >= 0.3 is 0 Å². The number of rotatable bonds is 3. The molecule has 116 valence electrons. The summed E-state index contributed by atoms with van der Waals surface area (Å²) in [6, 6.07) is 28.4. The van der Waals surface area contributed by atoms with Crippen LogP contribution in [0.15, 0.2) is 84.9 Å². The fraction of sp³-hybridized carbons (Fsp3) is 0.0455. The molecular weight excluding hydrogens is 294 g/mol. The summed E-state index contributed by atoms with van der Waals surface area (Å²) < 4.78 is 1.02. The van der Waals surface area contributed by atoms with Crippen molar-refractivity contribution >= 4 is 27.8 Å². The highest BCUT2D eigenvalue weighted by Crippen LogP contribution is 2.27. The molecule has 0 heterocycles. The maximum Gasteiger partial charge on any atom is 0.183 e. The van der Waals surface area contributed by atoms with Gasteiger partial charge in [0.1, 0.15) is 0 Å². The summed E-state index contributed by atoms with van der Waals surface area (Å²) in [5, 5.41) is 17.0. The lowest BCUT2D eigenvalue weighted by atomic mass is 9.97. The van der Waals surface area contributed by atoms with Gasteiger partial charge < -0.3 is 5.21 Å². The lowest BCUT2D eigenvalue weighted by Crippen LogP contribution is -2.06. The fourth-order valence-corrected chi connectivity index (χ4v) is 3.14. The van der Waals surface area contributed by atoms with Crippen LogP contribution in [0.5, 0.6) is 0 Å². The van der Waals surface area contributed by atoms with Gasteiger partial charge in [-0.05, 0) is 27.6 Å². The van der Waals surface area contributed by atoms with Gasteiger partial charge in [-0.15, -0.1) is 0 Å². The van der Waals surface area contributed by atoms with Gasteiger partial charge in [0.2, 0.25) is 0 Å². The Bertz CT molecular complexity index is 981. The lowest BCUT2D eigenvalue weighted by Gasteiger charge is -2.09. The van der Waals surface area contributed by atoms with Crippen LogP contribution < -0.4 is 0 Å². The topological polar surface area (TPSA) is 26.1 Å². The molecule has 2 nitrogen and oxygen atoms in total. The molecule has 0 fully saturated rings. The minimum atomic E-state index is 0.346. The normalized spacial score (nSPS) is 11.9. The molecule has 24 heavy (non-hydrogen) atoms. The van der Waals surface area contributed by atoms with E-state index in [9.17, 15) is 5.21 Å². The zero-order valence-corrected chi connectivity index (χ0v) is 13.2. The van der Waals surface area contributed by atoms with Crippen LogP contribution in [0.25, 0.3) is 21.5 Å². The van der Waals surface area contributed by atoms with Crippen LogP contribution in [0, 0.1) is 5.21 Å². The molecule has 0 N–H and O–H groups in total. The van der Waals surface area contributed by atoms with E-state index in [1.807, 2.05) is 54.6 Å². The van der Waals surface area contributed by atoms with Crippen molar-refractivity contribution in [2.45, 2.75) is 6.54 Å². The molecule has 4 aromatic rings. The molecule has 2 heteroatoms. The third-order valence-corrected chi connectivity index (χ3v) is 4.27. The molecule has 0 aliphatic carbocycles. The summed E-state index contributed by atoms with van der Waals surface area (Å²) in [5.41, 5.74) is 1.99. The Morgan fingerprint density at radius 2 is 1.25 bits per heavy atom. The monoisotopic (exact) mass is 311 g/mol. The van der Waals surface area contributed by atoms with Gasteiger partial charge in [-0.2, -0.15) is 0 Å². The van der Waals surface area contributed by atoms with Crippen molar-refractivity contribution in [1.82, 2.24) is 0 Å². The Balaban J connectivity index is 1.88. The molecule has 4 rings (SSSR count). The van der Waals surface area contributed by atoms with E-state index in [1.54, 1.807) is 6.21 Å². The van der Waals surface area contributed by atoms with Gasteiger partial charge in [0.15, 0.2) is 12.8 Å². The van der Waals surface area contributed by atoms with Crippen LogP contribution in [-0.4, -0.2) is 11.0 Å². The fourth-order valence-electron chi connectivity index (χ4n) is 3.14. The number of nitrogens with zero attached hydrogens (tertiary/aromatic N) is 1. The standard InChI is InChI=1S/C22H17NO/c24-23(15-17-8-2-1-3-9-17)16-22-20-12-6-4-10-18(20)14-19-11-5-7-13-21(19)22/h1-14,16H,15H2/b23-16-. The van der Waals surface area contributed by atoms with E-state index in [0.717, 1.165) is 37.4 Å². The quantitative estimate of drug-likeness (QED) is 0.169. The molecule has 0 aromatic heterocycles. The van der Waals surface area contributed by atoms with Crippen molar-refractivity contribution in [3.05, 3.63) is 101 Å². The molecule has 0 amide bonds. The van der Waals surface area contributed by atoms with Gasteiger partial charge in [-0.1, -0.05) is 78.9 Å². The van der Waals surface area contributed by atoms with E-state index < -0.39 is 0 Å². The summed E-state index contributed by atoms with van der Waals surface area (Å²) in [4.78, 5) is 0. The minimum absolute atomic E-state index is 0.346. The molecule has 0 bridgehead atoms. The van der Waals surface area contributed by atoms with Crippen molar-refractivity contribution in [2.75, 3.05) is 0 Å². The number of hydrogen-bond donors (Lipinski definition) is 0. The SMILES string of the molecule is [O-]/[N+](=C\c1c2ccccc2cc2ccccc12)Cc1ccccc1. The molecule has 0 unspecified atom stereocenters. The van der Waals surface area contributed by atoms with Gasteiger partial charge in [-0.25, -0.2) is 4.74 Å². The van der Waals surface area contributed by atoms with E-state index in [2.05, 4.69) is 30.3 Å². The summed E-state index contributed by atoms with van der Waals surface area (Å²) in [7, 11) is 0. The first-order valence-electron chi connectivity index (χ1n) is 8.04. The van der Waals surface area contributed by atoms with E-state index >= 15 is 0 Å². The van der Waals surface area contributed by atoms with Crippen molar-refractivity contribution in [1.29, 1.82) is 0 Å². The predicted molar refractivity (Wildman–Crippen MR) is 100 cm³/mol. The molecule has 0 saturated heterocycles. The highest BCUT2D eigenvalue weighted by atomic mass is 16.5. The van der Waals surface area contributed by atoms with Crippen LogP contribution >= 0.6 is 0 Å². The Labute approximate surface area is 140 Å². The van der Waals surface area contributed by atoms with Crippen molar-refractivity contribution in [3.63, 3.8) is 0 Å². The maximum absolute atomic E-state index is 12.5. The largest absolute Gasteiger partial charge is 0.624 e. The Kier molecular flexibility index (Phi) is 3.72. The molecule has 0 saturated carbocycles. The highest BCUT2D eigenvalue weighted by Gasteiger charge is 2.09. The van der Waals surface area contributed by atoms with Crippen LogP contribution in [0.1, 0.15) is 11.1 Å². The Hall–Kier alpha value is -3.13. The molecule has 0 aliphatic rings. The maximum atomic E-state index is 12.5. The number of hydrogen-bond acceptors (Lipinski definition) is 1. The second-order valence-corrected chi connectivity index (χ2v) is 5.92. The third-order valence-electron chi connectivity index (χ3n) is 4.27. The lowest BCUT2D eigenvalue weighted by molar-refractivity contribution is -0.469. The minimum Gasteiger partial charge on any atom is -0.624 e. The van der Waals surface area contributed by atoms with E-state index in [-0.39, 0.29) is 0 Å². The second-order valence-electron chi connectivity index (χ2n) is 5.92.